The second-order valence-corrected chi connectivity index (χ2v) is 12.6. The highest BCUT2D eigenvalue weighted by Crippen LogP contribution is 2.41. The molecule has 2 aliphatic rings. The minimum atomic E-state index is -0.569. The van der Waals surface area contributed by atoms with Crippen molar-refractivity contribution in [1.29, 1.82) is 5.41 Å². The Bertz CT molecular complexity index is 1510. The molecule has 0 bridgehead atoms. The Kier molecular flexibility index (Phi) is 6.63. The van der Waals surface area contributed by atoms with Gasteiger partial charge < -0.3 is 19.5 Å². The third kappa shape index (κ3) is 4.91. The molecular weight excluding hydrogens is 514 g/mol. The van der Waals surface area contributed by atoms with Crippen LogP contribution in [0.25, 0.3) is 0 Å². The van der Waals surface area contributed by atoms with Gasteiger partial charge in [0.2, 0.25) is 0 Å². The van der Waals surface area contributed by atoms with Crippen molar-refractivity contribution >= 4 is 11.6 Å². The molecule has 40 heavy (non-hydrogen) atoms. The predicted molar refractivity (Wildman–Crippen MR) is 149 cm³/mol. The lowest BCUT2D eigenvalue weighted by atomic mass is 9.78. The second kappa shape index (κ2) is 9.61. The van der Waals surface area contributed by atoms with Crippen molar-refractivity contribution in [3.63, 3.8) is 0 Å². The van der Waals surface area contributed by atoms with E-state index in [0.717, 1.165) is 17.7 Å². The quantitative estimate of drug-likeness (QED) is 0.354. The van der Waals surface area contributed by atoms with E-state index in [9.17, 15) is 18.7 Å². The summed E-state index contributed by atoms with van der Waals surface area (Å²) in [5.74, 6) is -0.222. The van der Waals surface area contributed by atoms with Gasteiger partial charge in [-0.25, -0.2) is 8.78 Å². The van der Waals surface area contributed by atoms with Crippen molar-refractivity contribution in [3.8, 4) is 17.2 Å². The first kappa shape index (κ1) is 27.6. The lowest BCUT2D eigenvalue weighted by molar-refractivity contribution is 0.0962. The molecule has 0 amide bonds. The van der Waals surface area contributed by atoms with Crippen LogP contribution in [0.2, 0.25) is 0 Å². The minimum Gasteiger partial charge on any atom is -0.507 e. The summed E-state index contributed by atoms with van der Waals surface area (Å²) in [5, 5.41) is 19.8. The molecule has 0 unspecified atom stereocenters. The molecule has 0 fully saturated rings. The molecule has 5 rings (SSSR count). The van der Waals surface area contributed by atoms with Gasteiger partial charge in [0.25, 0.3) is 0 Å². The van der Waals surface area contributed by atoms with Crippen LogP contribution in [-0.2, 0) is 30.6 Å². The number of carbonyl (C=O) groups is 1. The van der Waals surface area contributed by atoms with E-state index in [0.29, 0.717) is 40.3 Å². The Balaban J connectivity index is 1.41. The zero-order valence-electron chi connectivity index (χ0n) is 23.7. The molecule has 0 saturated heterocycles. The summed E-state index contributed by atoms with van der Waals surface area (Å²) in [6.45, 7) is 11.9. The first-order valence-electron chi connectivity index (χ1n) is 13.3. The Morgan fingerprint density at radius 2 is 1.40 bits per heavy atom. The number of rotatable bonds is 3. The topological polar surface area (TPSA) is 82.9 Å². The highest BCUT2D eigenvalue weighted by molar-refractivity contribution is 6.05. The smallest absolute Gasteiger partial charge is 0.182 e. The van der Waals surface area contributed by atoms with Gasteiger partial charge in [0.05, 0.1) is 6.54 Å². The average Bonchev–Trinajstić information content (AvgIpc) is 3.14. The number of hydrogen-bond donors (Lipinski definition) is 2. The van der Waals surface area contributed by atoms with Crippen molar-refractivity contribution in [2.75, 3.05) is 6.54 Å². The standard InChI is InChI=1S/C32H34F2N2O4/c1-31(2,3)22-9-17(10-23(29(22)38)32(4,5)6)26(37)14-36-13-18-11-27-28(12-19(18)30(36)35)40-16-21-20(15-39-27)24(33)7-8-25(21)34/h7-12,35,38H,13-16H2,1-6H3. The normalized spacial score (nSPS) is 14.9. The van der Waals surface area contributed by atoms with Gasteiger partial charge in [-0.3, -0.25) is 10.2 Å². The maximum Gasteiger partial charge on any atom is 0.182 e. The van der Waals surface area contributed by atoms with Crippen LogP contribution in [0.4, 0.5) is 8.78 Å². The fourth-order valence-corrected chi connectivity index (χ4v) is 5.22. The number of halogens is 2. The molecule has 2 N–H and O–H groups in total. The molecule has 0 saturated carbocycles. The van der Waals surface area contributed by atoms with E-state index >= 15 is 0 Å². The van der Waals surface area contributed by atoms with Gasteiger partial charge in [-0.05, 0) is 52.8 Å². The van der Waals surface area contributed by atoms with Crippen LogP contribution in [0.1, 0.15) is 85.3 Å². The van der Waals surface area contributed by atoms with Gasteiger partial charge in [0.1, 0.15) is 36.4 Å². The van der Waals surface area contributed by atoms with Crippen molar-refractivity contribution < 1.29 is 28.2 Å². The number of ketones is 1. The molecule has 3 aromatic carbocycles. The van der Waals surface area contributed by atoms with Gasteiger partial charge in [0.15, 0.2) is 17.3 Å². The number of hydrogen-bond acceptors (Lipinski definition) is 5. The maximum atomic E-state index is 14.3. The monoisotopic (exact) mass is 548 g/mol. The molecule has 0 aliphatic carbocycles. The lowest BCUT2D eigenvalue weighted by Crippen LogP contribution is -2.30. The van der Waals surface area contributed by atoms with Crippen molar-refractivity contribution in [1.82, 2.24) is 4.90 Å². The molecule has 0 spiro atoms. The molecule has 0 atom stereocenters. The largest absolute Gasteiger partial charge is 0.507 e. The van der Waals surface area contributed by atoms with E-state index in [1.165, 1.54) is 0 Å². The molecule has 2 aliphatic heterocycles. The number of ether oxygens (including phenoxy) is 2. The summed E-state index contributed by atoms with van der Waals surface area (Å²) in [6.07, 6.45) is 0. The Morgan fingerprint density at radius 1 is 0.900 bits per heavy atom. The molecule has 3 aromatic rings. The number of nitrogens with zero attached hydrogens (tertiary/aromatic N) is 1. The summed E-state index contributed by atoms with van der Waals surface area (Å²) in [5.41, 5.74) is 2.71. The molecule has 6 nitrogen and oxygen atoms in total. The van der Waals surface area contributed by atoms with E-state index < -0.39 is 11.6 Å². The van der Waals surface area contributed by atoms with Crippen LogP contribution >= 0.6 is 0 Å². The molecule has 8 heteroatoms. The maximum absolute atomic E-state index is 14.3. The molecule has 0 aromatic heterocycles. The van der Waals surface area contributed by atoms with Crippen LogP contribution in [0, 0.1) is 17.0 Å². The number of phenols is 1. The first-order chi connectivity index (χ1) is 18.6. The summed E-state index contributed by atoms with van der Waals surface area (Å²) in [4.78, 5) is 15.2. The summed E-state index contributed by atoms with van der Waals surface area (Å²) in [6, 6.07) is 9.04. The number of phenolic OH excluding ortho intramolecular Hbond substituents is 1. The van der Waals surface area contributed by atoms with E-state index in [4.69, 9.17) is 14.9 Å². The SMILES string of the molecule is CC(C)(C)c1cc(C(=O)CN2Cc3cc4c(cc3C2=N)OCc2c(F)ccc(F)c2CO4)cc(C(C)(C)C)c1O. The van der Waals surface area contributed by atoms with Crippen LogP contribution in [0.5, 0.6) is 17.2 Å². The number of carbonyl (C=O) groups excluding carboxylic acids is 1. The highest BCUT2D eigenvalue weighted by Gasteiger charge is 2.32. The number of nitrogens with one attached hydrogen (secondary N) is 1. The first-order valence-corrected chi connectivity index (χ1v) is 13.3. The van der Waals surface area contributed by atoms with Crippen LogP contribution in [-0.4, -0.2) is 28.2 Å². The zero-order chi connectivity index (χ0) is 29.1. The van der Waals surface area contributed by atoms with Crippen molar-refractivity contribution in [2.24, 2.45) is 0 Å². The van der Waals surface area contributed by atoms with E-state index in [-0.39, 0.29) is 59.1 Å². The molecular formula is C32H34F2N2O4. The Labute approximate surface area is 233 Å². The summed E-state index contributed by atoms with van der Waals surface area (Å²) >= 11 is 0. The highest BCUT2D eigenvalue weighted by atomic mass is 19.1. The fourth-order valence-electron chi connectivity index (χ4n) is 5.22. The molecule has 210 valence electrons. The molecule has 0 radical (unpaired) electrons. The molecule has 2 heterocycles. The summed E-state index contributed by atoms with van der Waals surface area (Å²) in [7, 11) is 0. The van der Waals surface area contributed by atoms with Crippen molar-refractivity contribution in [2.45, 2.75) is 72.1 Å². The second-order valence-electron chi connectivity index (χ2n) is 12.6. The van der Waals surface area contributed by atoms with Crippen molar-refractivity contribution in [3.05, 3.63) is 87.0 Å². The number of Topliss-reactive ketones (excluding diaryl/α,β-unsaturated/α-hetero) is 1. The predicted octanol–water partition coefficient (Wildman–Crippen LogP) is 6.76. The van der Waals surface area contributed by atoms with Gasteiger partial charge >= 0.3 is 0 Å². The third-order valence-corrected chi connectivity index (χ3v) is 7.55. The van der Waals surface area contributed by atoms with Crippen LogP contribution in [0.15, 0.2) is 36.4 Å². The lowest BCUT2D eigenvalue weighted by Gasteiger charge is -2.28. The average molecular weight is 549 g/mol. The van der Waals surface area contributed by atoms with E-state index in [1.807, 2.05) is 41.5 Å². The fraction of sp³-hybridized carbons (Fsp3) is 0.375. The van der Waals surface area contributed by atoms with Crippen LogP contribution < -0.4 is 9.47 Å². The van der Waals surface area contributed by atoms with Gasteiger partial charge in [-0.1, -0.05) is 41.5 Å². The Hall–Kier alpha value is -3.94. The number of aromatic hydroxyl groups is 1. The number of amidine groups is 1. The van der Waals surface area contributed by atoms with Gasteiger partial charge in [-0.2, -0.15) is 0 Å². The van der Waals surface area contributed by atoms with E-state index in [2.05, 4.69) is 0 Å². The van der Waals surface area contributed by atoms with Gasteiger partial charge in [0, 0.05) is 39.9 Å². The summed E-state index contributed by atoms with van der Waals surface area (Å²) < 4.78 is 40.3. The van der Waals surface area contributed by atoms with Gasteiger partial charge in [-0.15, -0.1) is 0 Å². The number of fused-ring (bicyclic) bond motifs is 3. The van der Waals surface area contributed by atoms with Crippen LogP contribution in [0.3, 0.4) is 0 Å². The number of benzene rings is 3. The van der Waals surface area contributed by atoms with E-state index in [1.54, 1.807) is 29.2 Å². The third-order valence-electron chi connectivity index (χ3n) is 7.55. The minimum absolute atomic E-state index is 0.0281. The Morgan fingerprint density at radius 3 is 1.90 bits per heavy atom. The zero-order valence-corrected chi connectivity index (χ0v) is 23.7.